The number of hydrogen-bond donors (Lipinski definition) is 0. The number of carbonyl (C=O) groups is 1. The van der Waals surface area contributed by atoms with Crippen LogP contribution >= 0.6 is 22.9 Å². The Kier molecular flexibility index (Phi) is 7.66. The van der Waals surface area contributed by atoms with Gasteiger partial charge in [0, 0.05) is 22.7 Å². The number of ether oxygens (including phenoxy) is 2. The Hall–Kier alpha value is -5.00. The minimum Gasteiger partial charge on any atom is -0.496 e. The molecule has 0 unspecified atom stereocenters. The minimum atomic E-state index is -0.891. The molecule has 0 radical (unpaired) electrons. The third-order valence-electron chi connectivity index (χ3n) is 7.26. The van der Waals surface area contributed by atoms with Crippen molar-refractivity contribution >= 4 is 51.4 Å². The van der Waals surface area contributed by atoms with Crippen LogP contribution in [0.15, 0.2) is 92.2 Å². The van der Waals surface area contributed by atoms with Crippen molar-refractivity contribution in [2.24, 2.45) is 4.99 Å². The number of hydrogen-bond acceptors (Lipinski definition) is 9. The van der Waals surface area contributed by atoms with E-state index in [1.165, 1.54) is 29.9 Å². The van der Waals surface area contributed by atoms with Gasteiger partial charge in [-0.15, -0.1) is 0 Å². The van der Waals surface area contributed by atoms with E-state index in [1.807, 2.05) is 36.4 Å². The summed E-state index contributed by atoms with van der Waals surface area (Å²) in [5.74, 6) is 0.463. The van der Waals surface area contributed by atoms with Crippen LogP contribution in [0.1, 0.15) is 31.2 Å². The van der Waals surface area contributed by atoms with Crippen molar-refractivity contribution in [1.82, 2.24) is 4.57 Å². The predicted octanol–water partition coefficient (Wildman–Crippen LogP) is 5.78. The molecular weight excluding hydrogens is 606 g/mol. The van der Waals surface area contributed by atoms with Gasteiger partial charge in [-0.1, -0.05) is 53.3 Å². The highest BCUT2D eigenvalue weighted by molar-refractivity contribution is 7.07. The fourth-order valence-electron chi connectivity index (χ4n) is 5.37. The maximum absolute atomic E-state index is 14.1. The molecule has 12 heteroatoms. The van der Waals surface area contributed by atoms with E-state index in [9.17, 15) is 19.7 Å². The quantitative estimate of drug-likeness (QED) is 0.127. The van der Waals surface area contributed by atoms with Crippen LogP contribution in [-0.4, -0.2) is 29.2 Å². The van der Waals surface area contributed by atoms with Gasteiger partial charge in [-0.2, -0.15) is 0 Å². The number of furan rings is 1. The lowest BCUT2D eigenvalue weighted by Crippen LogP contribution is -2.40. The van der Waals surface area contributed by atoms with E-state index >= 15 is 0 Å². The summed E-state index contributed by atoms with van der Waals surface area (Å²) in [5.41, 5.74) is 0.925. The number of methoxy groups -OCH3 is 1. The van der Waals surface area contributed by atoms with Gasteiger partial charge in [-0.25, -0.2) is 9.79 Å². The van der Waals surface area contributed by atoms with Gasteiger partial charge in [0.1, 0.15) is 23.3 Å². The normalized spacial score (nSPS) is 14.8. The number of rotatable bonds is 7. The third-order valence-corrected chi connectivity index (χ3v) is 8.48. The summed E-state index contributed by atoms with van der Waals surface area (Å²) in [4.78, 5) is 43.7. The number of benzene rings is 3. The minimum absolute atomic E-state index is 0.145. The molecule has 3 aromatic carbocycles. The molecule has 10 nitrogen and oxygen atoms in total. The molecule has 44 heavy (non-hydrogen) atoms. The lowest BCUT2D eigenvalue weighted by atomic mass is 9.90. The molecule has 0 fully saturated rings. The highest BCUT2D eigenvalue weighted by atomic mass is 35.5. The van der Waals surface area contributed by atoms with E-state index in [4.69, 9.17) is 25.5 Å². The first-order valence-corrected chi connectivity index (χ1v) is 14.7. The summed E-state index contributed by atoms with van der Waals surface area (Å²) in [7, 11) is 1.54. The molecule has 1 atom stereocenters. The Morgan fingerprint density at radius 2 is 1.98 bits per heavy atom. The number of nitro benzene ring substituents is 1. The Labute approximate surface area is 258 Å². The van der Waals surface area contributed by atoms with Crippen LogP contribution in [-0.2, 0) is 9.53 Å². The molecule has 0 amide bonds. The average molecular weight is 630 g/mol. The van der Waals surface area contributed by atoms with Crippen LogP contribution in [0.5, 0.6) is 5.75 Å². The lowest BCUT2D eigenvalue weighted by molar-refractivity contribution is -0.384. The van der Waals surface area contributed by atoms with Crippen molar-refractivity contribution in [1.29, 1.82) is 0 Å². The number of halogens is 1. The van der Waals surface area contributed by atoms with Crippen LogP contribution in [0.3, 0.4) is 0 Å². The van der Waals surface area contributed by atoms with E-state index in [1.54, 1.807) is 32.1 Å². The van der Waals surface area contributed by atoms with Crippen LogP contribution < -0.4 is 19.6 Å². The molecule has 6 rings (SSSR count). The number of aromatic nitrogens is 1. The SMILES string of the molecule is CCOC(=O)C1=C(C)N=c2s/c(=C\c3ccc(-c4ccc(Cl)cc4[N+](=O)[O-])o3)c(=O)n2[C@H]1c1c(OC)ccc2ccccc12. The van der Waals surface area contributed by atoms with E-state index < -0.39 is 22.5 Å². The van der Waals surface area contributed by atoms with Crippen molar-refractivity contribution < 1.29 is 23.6 Å². The van der Waals surface area contributed by atoms with Gasteiger partial charge >= 0.3 is 5.97 Å². The van der Waals surface area contributed by atoms with Gasteiger partial charge in [0.05, 0.1) is 40.0 Å². The summed E-state index contributed by atoms with van der Waals surface area (Å²) in [6, 6.07) is 18.0. The van der Waals surface area contributed by atoms with Crippen LogP contribution in [0, 0.1) is 10.1 Å². The molecule has 0 spiro atoms. The zero-order valence-electron chi connectivity index (χ0n) is 23.7. The molecule has 3 heterocycles. The molecular formula is C32H24ClN3O7S. The molecule has 0 saturated heterocycles. The van der Waals surface area contributed by atoms with E-state index in [0.717, 1.165) is 22.1 Å². The molecule has 1 aliphatic rings. The van der Waals surface area contributed by atoms with Gasteiger partial charge in [0.2, 0.25) is 0 Å². The number of carbonyl (C=O) groups excluding carboxylic acids is 1. The molecule has 1 aliphatic heterocycles. The molecule has 0 aliphatic carbocycles. The van der Waals surface area contributed by atoms with Crippen molar-refractivity contribution in [2.45, 2.75) is 19.9 Å². The van der Waals surface area contributed by atoms with Crippen LogP contribution in [0.4, 0.5) is 5.69 Å². The third kappa shape index (κ3) is 4.99. The summed E-state index contributed by atoms with van der Waals surface area (Å²) in [6.45, 7) is 3.57. The molecule has 2 aromatic heterocycles. The Morgan fingerprint density at radius 3 is 2.73 bits per heavy atom. The second-order valence-corrected chi connectivity index (χ2v) is 11.3. The number of nitrogens with zero attached hydrogens (tertiary/aromatic N) is 3. The predicted molar refractivity (Wildman–Crippen MR) is 167 cm³/mol. The van der Waals surface area contributed by atoms with Crippen molar-refractivity contribution in [2.75, 3.05) is 13.7 Å². The number of allylic oxidation sites excluding steroid dienone is 1. The van der Waals surface area contributed by atoms with Crippen molar-refractivity contribution in [3.63, 3.8) is 0 Å². The van der Waals surface area contributed by atoms with Crippen molar-refractivity contribution in [3.8, 4) is 17.1 Å². The largest absolute Gasteiger partial charge is 0.496 e. The van der Waals surface area contributed by atoms with Crippen LogP contribution in [0.25, 0.3) is 28.2 Å². The van der Waals surface area contributed by atoms with E-state index in [0.29, 0.717) is 27.6 Å². The molecule has 0 saturated carbocycles. The number of nitro groups is 1. The van der Waals surface area contributed by atoms with Gasteiger partial charge in [-0.3, -0.25) is 19.5 Å². The molecule has 222 valence electrons. The fourth-order valence-corrected chi connectivity index (χ4v) is 6.56. The number of esters is 1. The number of fused-ring (bicyclic) bond motifs is 2. The fraction of sp³-hybridized carbons (Fsp3) is 0.156. The zero-order chi connectivity index (χ0) is 31.1. The Balaban J connectivity index is 1.56. The van der Waals surface area contributed by atoms with E-state index in [-0.39, 0.29) is 38.7 Å². The number of thiazole rings is 1. The van der Waals surface area contributed by atoms with Crippen LogP contribution in [0.2, 0.25) is 5.02 Å². The maximum Gasteiger partial charge on any atom is 0.338 e. The Morgan fingerprint density at radius 1 is 1.18 bits per heavy atom. The summed E-state index contributed by atoms with van der Waals surface area (Å²) >= 11 is 7.10. The van der Waals surface area contributed by atoms with Gasteiger partial charge < -0.3 is 13.9 Å². The highest BCUT2D eigenvalue weighted by Crippen LogP contribution is 2.40. The lowest BCUT2D eigenvalue weighted by Gasteiger charge is -2.27. The van der Waals surface area contributed by atoms with Crippen molar-refractivity contribution in [3.05, 3.63) is 124 Å². The average Bonchev–Trinajstić information content (AvgIpc) is 3.59. The first-order chi connectivity index (χ1) is 21.2. The molecule has 5 aromatic rings. The van der Waals surface area contributed by atoms with E-state index in [2.05, 4.69) is 4.99 Å². The first-order valence-electron chi connectivity index (χ1n) is 13.5. The zero-order valence-corrected chi connectivity index (χ0v) is 25.3. The summed E-state index contributed by atoms with van der Waals surface area (Å²) < 4.78 is 18.9. The standard InChI is InChI=1S/C32H24ClN3O7S/c1-4-42-31(38)27-17(2)34-32-35(29(27)28-21-8-6-5-7-18(21)9-13-25(28)41-3)30(37)26(44-32)16-20-11-14-24(43-20)22-12-10-19(33)15-23(22)36(39)40/h5-16,29H,4H2,1-3H3/b26-16-/t29-/m1/s1. The first kappa shape index (κ1) is 29.1. The molecule has 0 N–H and O–H groups in total. The maximum atomic E-state index is 14.1. The monoisotopic (exact) mass is 629 g/mol. The summed E-state index contributed by atoms with van der Waals surface area (Å²) in [5, 5.41) is 13.6. The smallest absolute Gasteiger partial charge is 0.338 e. The Bertz CT molecular complexity index is 2200. The topological polar surface area (TPSA) is 126 Å². The molecule has 0 bridgehead atoms. The van der Waals surface area contributed by atoms with Gasteiger partial charge in [-0.05, 0) is 55.0 Å². The highest BCUT2D eigenvalue weighted by Gasteiger charge is 2.36. The van der Waals surface area contributed by atoms with Gasteiger partial charge in [0.25, 0.3) is 11.2 Å². The second kappa shape index (κ2) is 11.6. The summed E-state index contributed by atoms with van der Waals surface area (Å²) in [6.07, 6.45) is 1.55. The van der Waals surface area contributed by atoms with Gasteiger partial charge in [0.15, 0.2) is 4.80 Å². The second-order valence-electron chi connectivity index (χ2n) is 9.83.